The van der Waals surface area contributed by atoms with Gasteiger partial charge < -0.3 is 9.84 Å². The van der Waals surface area contributed by atoms with E-state index in [-0.39, 0.29) is 0 Å². The van der Waals surface area contributed by atoms with Gasteiger partial charge in [-0.15, -0.1) is 0 Å². The van der Waals surface area contributed by atoms with Gasteiger partial charge in [0.05, 0.1) is 7.11 Å². The summed E-state index contributed by atoms with van der Waals surface area (Å²) in [7, 11) is 3.63. The zero-order valence-electron chi connectivity index (χ0n) is 8.79. The van der Waals surface area contributed by atoms with Crippen molar-refractivity contribution in [2.75, 3.05) is 14.2 Å². The summed E-state index contributed by atoms with van der Waals surface area (Å²) in [4.78, 5) is 2.17. The van der Waals surface area contributed by atoms with Crippen molar-refractivity contribution in [2.45, 2.75) is 20.0 Å². The van der Waals surface area contributed by atoms with Gasteiger partial charge in [-0.1, -0.05) is 6.07 Å². The van der Waals surface area contributed by atoms with E-state index >= 15 is 0 Å². The fraction of sp³-hybridized carbons (Fsp3) is 0.455. The highest BCUT2D eigenvalue weighted by molar-refractivity contribution is 5.55. The smallest absolute Gasteiger partial charge is 0.163 e. The molecule has 0 aliphatic carbocycles. The molecule has 2 rings (SSSR count). The molecule has 0 unspecified atom stereocenters. The zero-order chi connectivity index (χ0) is 10.3. The third-order valence-corrected chi connectivity index (χ3v) is 2.71. The summed E-state index contributed by atoms with van der Waals surface area (Å²) < 4.78 is 5.17. The van der Waals surface area contributed by atoms with Gasteiger partial charge in [0.1, 0.15) is 0 Å². The third kappa shape index (κ3) is 1.24. The Morgan fingerprint density at radius 2 is 2.14 bits per heavy atom. The number of nitrogens with zero attached hydrogens (tertiary/aromatic N) is 1. The number of hydrogen-bond donors (Lipinski definition) is 1. The van der Waals surface area contributed by atoms with Gasteiger partial charge in [0.15, 0.2) is 11.5 Å². The van der Waals surface area contributed by atoms with Crippen molar-refractivity contribution in [3.63, 3.8) is 0 Å². The largest absolute Gasteiger partial charge is 0.504 e. The van der Waals surface area contributed by atoms with Crippen LogP contribution in [0.15, 0.2) is 6.07 Å². The van der Waals surface area contributed by atoms with Gasteiger partial charge in [-0.05, 0) is 25.1 Å². The van der Waals surface area contributed by atoms with Gasteiger partial charge >= 0.3 is 0 Å². The van der Waals surface area contributed by atoms with Crippen molar-refractivity contribution in [3.8, 4) is 11.5 Å². The number of methoxy groups -OCH3 is 1. The molecule has 3 heteroatoms. The lowest BCUT2D eigenvalue weighted by atomic mass is 10.0. The predicted molar refractivity (Wildman–Crippen MR) is 54.6 cm³/mol. The molecule has 0 aromatic heterocycles. The summed E-state index contributed by atoms with van der Waals surface area (Å²) in [6.45, 7) is 3.67. The number of aromatic hydroxyl groups is 1. The minimum Gasteiger partial charge on any atom is -0.504 e. The Bertz CT molecular complexity index is 374. The maximum atomic E-state index is 9.96. The van der Waals surface area contributed by atoms with Gasteiger partial charge in [-0.3, -0.25) is 4.90 Å². The molecule has 1 aromatic rings. The van der Waals surface area contributed by atoms with Crippen LogP contribution < -0.4 is 4.74 Å². The quantitative estimate of drug-likeness (QED) is 0.736. The predicted octanol–water partition coefficient (Wildman–Crippen LogP) is 1.65. The molecule has 14 heavy (non-hydrogen) atoms. The molecule has 1 aliphatic rings. The fourth-order valence-corrected chi connectivity index (χ4v) is 2.08. The lowest BCUT2D eigenvalue weighted by Gasteiger charge is -2.10. The third-order valence-electron chi connectivity index (χ3n) is 2.71. The lowest BCUT2D eigenvalue weighted by molar-refractivity contribution is 0.342. The number of fused-ring (bicyclic) bond motifs is 1. The molecule has 1 heterocycles. The molecule has 3 nitrogen and oxygen atoms in total. The summed E-state index contributed by atoms with van der Waals surface area (Å²) in [5, 5.41) is 9.96. The SMILES string of the molecule is COc1c(C)cc2c(c1O)CN(C)C2. The minimum absolute atomic E-state index is 0.312. The van der Waals surface area contributed by atoms with Crippen LogP contribution in [0.5, 0.6) is 11.5 Å². The van der Waals surface area contributed by atoms with E-state index in [1.54, 1.807) is 7.11 Å². The highest BCUT2D eigenvalue weighted by Gasteiger charge is 2.22. The average Bonchev–Trinajstić information content (AvgIpc) is 2.47. The van der Waals surface area contributed by atoms with E-state index in [0.717, 1.165) is 24.2 Å². The molecule has 0 saturated carbocycles. The molecule has 0 atom stereocenters. The highest BCUT2D eigenvalue weighted by atomic mass is 16.5. The molecule has 0 spiro atoms. The molecule has 1 N–H and O–H groups in total. The number of rotatable bonds is 1. The Morgan fingerprint density at radius 1 is 1.43 bits per heavy atom. The number of benzene rings is 1. The number of phenols is 1. The van der Waals surface area contributed by atoms with Crippen molar-refractivity contribution >= 4 is 0 Å². The van der Waals surface area contributed by atoms with E-state index in [9.17, 15) is 5.11 Å². The second kappa shape index (κ2) is 3.17. The normalized spacial score (nSPS) is 15.6. The molecular formula is C11H15NO2. The Balaban J connectivity index is 2.57. The number of hydrogen-bond acceptors (Lipinski definition) is 3. The van der Waals surface area contributed by atoms with E-state index in [0.29, 0.717) is 11.5 Å². The number of phenolic OH excluding ortho intramolecular Hbond substituents is 1. The van der Waals surface area contributed by atoms with E-state index in [1.165, 1.54) is 5.56 Å². The first-order chi connectivity index (χ1) is 6.63. The first kappa shape index (κ1) is 9.34. The molecule has 1 aliphatic heterocycles. The number of ether oxygens (including phenoxy) is 1. The second-order valence-corrected chi connectivity index (χ2v) is 3.89. The molecule has 0 saturated heterocycles. The summed E-state index contributed by atoms with van der Waals surface area (Å²) in [5.41, 5.74) is 3.22. The van der Waals surface area contributed by atoms with Crippen molar-refractivity contribution in [1.82, 2.24) is 4.90 Å². The van der Waals surface area contributed by atoms with Crippen LogP contribution in [0.4, 0.5) is 0 Å². The number of aryl methyl sites for hydroxylation is 1. The summed E-state index contributed by atoms with van der Waals surface area (Å²) in [5.74, 6) is 0.922. The first-order valence-electron chi connectivity index (χ1n) is 4.70. The van der Waals surface area contributed by atoms with Crippen LogP contribution in [0.3, 0.4) is 0 Å². The van der Waals surface area contributed by atoms with Gasteiger partial charge in [-0.25, -0.2) is 0 Å². The Morgan fingerprint density at radius 3 is 2.79 bits per heavy atom. The molecule has 0 amide bonds. The Hall–Kier alpha value is -1.22. The van der Waals surface area contributed by atoms with Crippen molar-refractivity contribution in [2.24, 2.45) is 0 Å². The van der Waals surface area contributed by atoms with Crippen molar-refractivity contribution < 1.29 is 9.84 Å². The minimum atomic E-state index is 0.312. The van der Waals surface area contributed by atoms with Crippen molar-refractivity contribution in [1.29, 1.82) is 0 Å². The molecule has 0 radical (unpaired) electrons. The van der Waals surface area contributed by atoms with E-state index < -0.39 is 0 Å². The van der Waals surface area contributed by atoms with Crippen LogP contribution in [-0.4, -0.2) is 24.2 Å². The summed E-state index contributed by atoms with van der Waals surface area (Å²) in [6.07, 6.45) is 0. The Labute approximate surface area is 83.9 Å². The lowest BCUT2D eigenvalue weighted by Crippen LogP contribution is -2.07. The van der Waals surface area contributed by atoms with Gasteiger partial charge in [0.25, 0.3) is 0 Å². The van der Waals surface area contributed by atoms with E-state index in [1.807, 2.05) is 14.0 Å². The second-order valence-electron chi connectivity index (χ2n) is 3.89. The van der Waals surface area contributed by atoms with E-state index in [2.05, 4.69) is 11.0 Å². The molecule has 0 bridgehead atoms. The molecule has 0 fully saturated rings. The fourth-order valence-electron chi connectivity index (χ4n) is 2.08. The van der Waals surface area contributed by atoms with Crippen LogP contribution in [0.25, 0.3) is 0 Å². The van der Waals surface area contributed by atoms with Crippen LogP contribution in [0, 0.1) is 6.92 Å². The van der Waals surface area contributed by atoms with Crippen LogP contribution in [0.2, 0.25) is 0 Å². The first-order valence-corrected chi connectivity index (χ1v) is 4.70. The maximum Gasteiger partial charge on any atom is 0.163 e. The van der Waals surface area contributed by atoms with Gasteiger partial charge in [0, 0.05) is 18.7 Å². The molecular weight excluding hydrogens is 178 g/mol. The monoisotopic (exact) mass is 193 g/mol. The van der Waals surface area contributed by atoms with Gasteiger partial charge in [0.2, 0.25) is 0 Å². The standard InChI is InChI=1S/C11H15NO2/c1-7-4-8-5-12(2)6-9(8)10(13)11(7)14-3/h4,13H,5-6H2,1-3H3. The maximum absolute atomic E-state index is 9.96. The van der Waals surface area contributed by atoms with Crippen LogP contribution in [-0.2, 0) is 13.1 Å². The van der Waals surface area contributed by atoms with Gasteiger partial charge in [-0.2, -0.15) is 0 Å². The van der Waals surface area contributed by atoms with E-state index in [4.69, 9.17) is 4.74 Å². The Kier molecular flexibility index (Phi) is 2.11. The summed E-state index contributed by atoms with van der Waals surface area (Å²) >= 11 is 0. The zero-order valence-corrected chi connectivity index (χ0v) is 8.79. The highest BCUT2D eigenvalue weighted by Crippen LogP contribution is 2.39. The molecule has 76 valence electrons. The van der Waals surface area contributed by atoms with Crippen LogP contribution in [0.1, 0.15) is 16.7 Å². The average molecular weight is 193 g/mol. The topological polar surface area (TPSA) is 32.7 Å². The van der Waals surface area contributed by atoms with Crippen molar-refractivity contribution in [3.05, 3.63) is 22.8 Å². The summed E-state index contributed by atoms with van der Waals surface area (Å²) in [6, 6.07) is 2.09. The van der Waals surface area contributed by atoms with Crippen LogP contribution >= 0.6 is 0 Å². The molecule has 1 aromatic carbocycles.